The van der Waals surface area contributed by atoms with Crippen LogP contribution < -0.4 is 0 Å². The van der Waals surface area contributed by atoms with Crippen LogP contribution in [0.25, 0.3) is 0 Å². The first-order chi connectivity index (χ1) is 8.13. The maximum atomic E-state index is 11.0. The summed E-state index contributed by atoms with van der Waals surface area (Å²) in [7, 11) is 2.10. The van der Waals surface area contributed by atoms with Crippen molar-refractivity contribution in [3.05, 3.63) is 12.7 Å². The molecule has 98 valence electrons. The van der Waals surface area contributed by atoms with E-state index >= 15 is 0 Å². The van der Waals surface area contributed by atoms with E-state index in [0.29, 0.717) is 6.54 Å². The third-order valence-corrected chi connectivity index (χ3v) is 2.20. The summed E-state index contributed by atoms with van der Waals surface area (Å²) in [5.74, 6) is 0.125. The van der Waals surface area contributed by atoms with Gasteiger partial charge in [-0.05, 0) is 13.1 Å². The number of ketones is 1. The molecule has 0 aromatic rings. The number of carbonyl (C=O) groups excluding carboxylic acids is 1. The molecule has 0 radical (unpaired) electrons. The Kier molecular flexibility index (Phi) is 13.8. The Morgan fingerprint density at radius 2 is 1.76 bits per heavy atom. The highest BCUT2D eigenvalue weighted by atomic mass is 16.1. The Balaban J connectivity index is 0. The van der Waals surface area contributed by atoms with Crippen LogP contribution >= 0.6 is 0 Å². The number of hydrogen-bond acceptors (Lipinski definition) is 4. The molecule has 0 N–H and O–H groups in total. The quantitative estimate of drug-likeness (QED) is 0.701. The summed E-state index contributed by atoms with van der Waals surface area (Å²) in [6.45, 7) is 13.5. The number of nitriles is 1. The molecule has 0 atom stereocenters. The number of rotatable bonds is 3. The molecular weight excluding hydrogens is 214 g/mol. The summed E-state index contributed by atoms with van der Waals surface area (Å²) in [6.07, 6.45) is 1.40. The summed E-state index contributed by atoms with van der Waals surface area (Å²) >= 11 is 0. The van der Waals surface area contributed by atoms with Gasteiger partial charge < -0.3 is 4.90 Å². The van der Waals surface area contributed by atoms with Crippen LogP contribution in [-0.2, 0) is 4.79 Å². The molecule has 1 rings (SSSR count). The average Bonchev–Trinajstić information content (AvgIpc) is 2.35. The minimum atomic E-state index is 0.125. The topological polar surface area (TPSA) is 47.3 Å². The Morgan fingerprint density at radius 1 is 1.35 bits per heavy atom. The van der Waals surface area contributed by atoms with Crippen LogP contribution in [0.15, 0.2) is 12.7 Å². The van der Waals surface area contributed by atoms with Gasteiger partial charge in [0, 0.05) is 33.1 Å². The zero-order chi connectivity index (χ0) is 13.7. The van der Waals surface area contributed by atoms with E-state index in [-0.39, 0.29) is 5.78 Å². The second-order valence-corrected chi connectivity index (χ2v) is 3.47. The van der Waals surface area contributed by atoms with Crippen molar-refractivity contribution in [2.75, 3.05) is 39.8 Å². The molecular formula is C13H25N3O. The first kappa shape index (κ1) is 18.2. The average molecular weight is 239 g/mol. The SMILES string of the molecule is C=CC(=O)CN1CCN(C)CC1.CC.CC#N. The lowest BCUT2D eigenvalue weighted by Crippen LogP contribution is -2.46. The van der Waals surface area contributed by atoms with Crippen LogP contribution in [0.2, 0.25) is 0 Å². The van der Waals surface area contributed by atoms with Crippen molar-refractivity contribution in [2.45, 2.75) is 20.8 Å². The first-order valence-electron chi connectivity index (χ1n) is 6.01. The monoisotopic (exact) mass is 239 g/mol. The second-order valence-electron chi connectivity index (χ2n) is 3.47. The summed E-state index contributed by atoms with van der Waals surface area (Å²) < 4.78 is 0. The van der Waals surface area contributed by atoms with Crippen molar-refractivity contribution in [3.63, 3.8) is 0 Å². The van der Waals surface area contributed by atoms with Gasteiger partial charge >= 0.3 is 0 Å². The fourth-order valence-electron chi connectivity index (χ4n) is 1.29. The largest absolute Gasteiger partial charge is 0.304 e. The molecule has 0 bridgehead atoms. The molecule has 1 aliphatic heterocycles. The van der Waals surface area contributed by atoms with Crippen molar-refractivity contribution < 1.29 is 4.79 Å². The zero-order valence-corrected chi connectivity index (χ0v) is 11.6. The predicted molar refractivity (Wildman–Crippen MR) is 71.8 cm³/mol. The Morgan fingerprint density at radius 3 is 2.12 bits per heavy atom. The molecule has 4 heteroatoms. The minimum Gasteiger partial charge on any atom is -0.304 e. The smallest absolute Gasteiger partial charge is 0.169 e. The van der Waals surface area contributed by atoms with E-state index in [0.717, 1.165) is 26.2 Å². The fraction of sp³-hybridized carbons (Fsp3) is 0.692. The number of nitrogens with zero attached hydrogens (tertiary/aromatic N) is 3. The zero-order valence-electron chi connectivity index (χ0n) is 11.6. The molecule has 0 saturated carbocycles. The van der Waals surface area contributed by atoms with E-state index in [1.807, 2.05) is 13.8 Å². The highest BCUT2D eigenvalue weighted by Crippen LogP contribution is 1.98. The van der Waals surface area contributed by atoms with Crippen molar-refractivity contribution in [2.24, 2.45) is 0 Å². The standard InChI is InChI=1S/C9H16N2O.C2H3N.C2H6/c1-3-9(12)8-11-6-4-10(2)5-7-11;1-2-3;1-2/h3H,1,4-8H2,2H3;1H3;1-2H3. The van der Waals surface area contributed by atoms with Gasteiger partial charge in [-0.2, -0.15) is 5.26 Å². The van der Waals surface area contributed by atoms with Crippen LogP contribution in [-0.4, -0.2) is 55.4 Å². The van der Waals surface area contributed by atoms with Gasteiger partial charge in [0.15, 0.2) is 5.78 Å². The number of carbonyl (C=O) groups is 1. The van der Waals surface area contributed by atoms with E-state index in [1.54, 1.807) is 6.07 Å². The second kappa shape index (κ2) is 12.9. The molecule has 1 fully saturated rings. The molecule has 4 nitrogen and oxygen atoms in total. The van der Waals surface area contributed by atoms with E-state index in [4.69, 9.17) is 5.26 Å². The first-order valence-corrected chi connectivity index (χ1v) is 6.01. The molecule has 0 aliphatic carbocycles. The lowest BCUT2D eigenvalue weighted by Gasteiger charge is -2.31. The van der Waals surface area contributed by atoms with Gasteiger partial charge in [-0.3, -0.25) is 9.69 Å². The van der Waals surface area contributed by atoms with Gasteiger partial charge in [0.05, 0.1) is 12.6 Å². The van der Waals surface area contributed by atoms with Crippen LogP contribution in [0.1, 0.15) is 20.8 Å². The lowest BCUT2D eigenvalue weighted by molar-refractivity contribution is -0.116. The summed E-state index contributed by atoms with van der Waals surface area (Å²) in [5.41, 5.74) is 0. The van der Waals surface area contributed by atoms with Crippen molar-refractivity contribution in [1.29, 1.82) is 5.26 Å². The summed E-state index contributed by atoms with van der Waals surface area (Å²) in [4.78, 5) is 15.4. The van der Waals surface area contributed by atoms with Gasteiger partial charge in [0.25, 0.3) is 0 Å². The molecule has 17 heavy (non-hydrogen) atoms. The number of hydrogen-bond donors (Lipinski definition) is 0. The molecule has 1 saturated heterocycles. The third kappa shape index (κ3) is 11.1. The molecule has 0 aromatic heterocycles. The predicted octanol–water partition coefficient (Wildman–Crippen LogP) is 1.54. The minimum absolute atomic E-state index is 0.125. The summed E-state index contributed by atoms with van der Waals surface area (Å²) in [5, 5.41) is 7.32. The maximum absolute atomic E-state index is 11.0. The van der Waals surface area contributed by atoms with E-state index < -0.39 is 0 Å². The third-order valence-electron chi connectivity index (χ3n) is 2.20. The molecule has 0 unspecified atom stereocenters. The maximum Gasteiger partial charge on any atom is 0.169 e. The fourth-order valence-corrected chi connectivity index (χ4v) is 1.29. The number of likely N-dealkylation sites (N-methyl/N-ethyl adjacent to an activating group) is 1. The van der Waals surface area contributed by atoms with Crippen molar-refractivity contribution >= 4 is 5.78 Å². The Hall–Kier alpha value is -1.18. The summed E-state index contributed by atoms with van der Waals surface area (Å²) in [6, 6.07) is 1.75. The lowest BCUT2D eigenvalue weighted by atomic mass is 10.3. The molecule has 0 amide bonds. The van der Waals surface area contributed by atoms with Crippen molar-refractivity contribution in [3.8, 4) is 6.07 Å². The van der Waals surface area contributed by atoms with Crippen molar-refractivity contribution in [1.82, 2.24) is 9.80 Å². The molecule has 1 aliphatic rings. The highest BCUT2D eigenvalue weighted by molar-refractivity contribution is 5.90. The Bertz CT molecular complexity index is 238. The van der Waals surface area contributed by atoms with Crippen LogP contribution in [0.5, 0.6) is 0 Å². The van der Waals surface area contributed by atoms with Gasteiger partial charge in [0.2, 0.25) is 0 Å². The van der Waals surface area contributed by atoms with E-state index in [1.165, 1.54) is 13.0 Å². The van der Waals surface area contributed by atoms with E-state index in [9.17, 15) is 4.79 Å². The molecule has 0 aromatic carbocycles. The van der Waals surface area contributed by atoms with Crippen LogP contribution in [0.3, 0.4) is 0 Å². The van der Waals surface area contributed by atoms with Gasteiger partial charge in [-0.25, -0.2) is 0 Å². The van der Waals surface area contributed by atoms with Crippen LogP contribution in [0, 0.1) is 11.3 Å². The van der Waals surface area contributed by atoms with Gasteiger partial charge in [-0.15, -0.1) is 0 Å². The van der Waals surface area contributed by atoms with Gasteiger partial charge in [0.1, 0.15) is 0 Å². The number of piperazine rings is 1. The normalized spacial score (nSPS) is 15.5. The highest BCUT2D eigenvalue weighted by Gasteiger charge is 2.14. The Labute approximate surface area is 106 Å². The van der Waals surface area contributed by atoms with Crippen LogP contribution in [0.4, 0.5) is 0 Å². The molecule has 1 heterocycles. The van der Waals surface area contributed by atoms with E-state index in [2.05, 4.69) is 23.4 Å². The molecule has 0 spiro atoms. The van der Waals surface area contributed by atoms with Gasteiger partial charge in [-0.1, -0.05) is 20.4 Å².